The van der Waals surface area contributed by atoms with Gasteiger partial charge in [-0.3, -0.25) is 0 Å². The van der Waals surface area contributed by atoms with Crippen LogP contribution in [0, 0.1) is 0 Å². The van der Waals surface area contributed by atoms with Crippen molar-refractivity contribution in [1.82, 2.24) is 14.9 Å². The Morgan fingerprint density at radius 3 is 2.30 bits per heavy atom. The van der Waals surface area contributed by atoms with Gasteiger partial charge in [0, 0.05) is 42.9 Å². The van der Waals surface area contributed by atoms with Crippen LogP contribution in [0.4, 0.5) is 18.0 Å². The van der Waals surface area contributed by atoms with Gasteiger partial charge in [0.05, 0.1) is 5.60 Å². The number of alkyl halides is 3. The lowest BCUT2D eigenvalue weighted by Crippen LogP contribution is -2.59. The molecule has 1 aromatic carbocycles. The Labute approximate surface area is 171 Å². The van der Waals surface area contributed by atoms with Gasteiger partial charge in [0.25, 0.3) is 0 Å². The number of piperidine rings is 2. The van der Waals surface area contributed by atoms with Crippen LogP contribution in [0.5, 0.6) is 0 Å². The molecule has 0 saturated carbocycles. The Hall–Kier alpha value is -2.68. The van der Waals surface area contributed by atoms with E-state index < -0.39 is 23.7 Å². The van der Waals surface area contributed by atoms with Gasteiger partial charge in [-0.1, -0.05) is 30.3 Å². The Kier molecular flexibility index (Phi) is 5.40. The van der Waals surface area contributed by atoms with Crippen LogP contribution in [0.2, 0.25) is 0 Å². The van der Waals surface area contributed by atoms with Crippen LogP contribution in [0.1, 0.15) is 49.1 Å². The van der Waals surface area contributed by atoms with Gasteiger partial charge in [0.15, 0.2) is 0 Å². The molecule has 0 aliphatic carbocycles. The number of fused-ring (bicyclic) bond motifs is 2. The molecule has 2 saturated heterocycles. The van der Waals surface area contributed by atoms with Crippen LogP contribution >= 0.6 is 0 Å². The Morgan fingerprint density at radius 1 is 1.13 bits per heavy atom. The zero-order valence-electron chi connectivity index (χ0n) is 16.2. The van der Waals surface area contributed by atoms with Crippen molar-refractivity contribution in [2.24, 2.45) is 0 Å². The molecule has 1 aromatic heterocycles. The number of aromatic nitrogens is 2. The minimum atomic E-state index is -4.64. The van der Waals surface area contributed by atoms with Gasteiger partial charge in [-0.05, 0) is 24.8 Å². The van der Waals surface area contributed by atoms with E-state index in [0.717, 1.165) is 24.4 Å². The molecule has 1 N–H and O–H groups in total. The van der Waals surface area contributed by atoms with E-state index in [1.54, 1.807) is 4.90 Å². The highest BCUT2D eigenvalue weighted by Gasteiger charge is 2.49. The van der Waals surface area contributed by atoms with Crippen molar-refractivity contribution in [2.45, 2.75) is 62.6 Å². The number of nitrogens with zero attached hydrogens (tertiary/aromatic N) is 3. The standard InChI is InChI=1S/C21H22F3N3O3/c22-21(23,24)18-25-11-15(12-26-18)20(29)9-16-7-4-8-17(10-20)27(16)19(28)30-13-14-5-2-1-3-6-14/h1-3,5-6,11-12,16-17,29H,4,7-10,13H2. The van der Waals surface area contributed by atoms with Crippen LogP contribution in [0.3, 0.4) is 0 Å². The summed E-state index contributed by atoms with van der Waals surface area (Å²) < 4.78 is 43.7. The third kappa shape index (κ3) is 4.12. The van der Waals surface area contributed by atoms with E-state index >= 15 is 0 Å². The molecule has 2 aliphatic heterocycles. The summed E-state index contributed by atoms with van der Waals surface area (Å²) in [7, 11) is 0. The SMILES string of the molecule is O=C(OCc1ccccc1)N1C2CCCC1CC(O)(c1cnc(C(F)(F)F)nc1)C2. The maximum Gasteiger partial charge on any atom is 0.451 e. The monoisotopic (exact) mass is 421 g/mol. The lowest BCUT2D eigenvalue weighted by atomic mass is 9.73. The van der Waals surface area contributed by atoms with Crippen LogP contribution in [-0.2, 0) is 23.1 Å². The molecule has 9 heteroatoms. The van der Waals surface area contributed by atoms with E-state index in [1.807, 2.05) is 30.3 Å². The van der Waals surface area contributed by atoms with Gasteiger partial charge >= 0.3 is 12.3 Å². The number of amides is 1. The number of carbonyl (C=O) groups excluding carboxylic acids is 1. The van der Waals surface area contributed by atoms with E-state index in [-0.39, 0.29) is 37.1 Å². The number of carbonyl (C=O) groups is 1. The number of benzene rings is 1. The quantitative estimate of drug-likeness (QED) is 0.810. The molecule has 2 bridgehead atoms. The number of ether oxygens (including phenoxy) is 1. The largest absolute Gasteiger partial charge is 0.451 e. The Balaban J connectivity index is 1.48. The summed E-state index contributed by atoms with van der Waals surface area (Å²) in [5.41, 5.74) is -0.257. The second-order valence-electron chi connectivity index (χ2n) is 7.92. The molecular formula is C21H22F3N3O3. The van der Waals surface area contributed by atoms with E-state index in [4.69, 9.17) is 4.74 Å². The van der Waals surface area contributed by atoms with Crippen LogP contribution in [0.15, 0.2) is 42.7 Å². The Bertz CT molecular complexity index is 876. The van der Waals surface area contributed by atoms with E-state index in [9.17, 15) is 23.1 Å². The summed E-state index contributed by atoms with van der Waals surface area (Å²) in [5, 5.41) is 11.2. The minimum absolute atomic E-state index is 0.159. The van der Waals surface area contributed by atoms with Crippen LogP contribution in [-0.4, -0.2) is 38.2 Å². The molecule has 2 unspecified atom stereocenters. The maximum absolute atomic E-state index is 12.8. The zero-order valence-corrected chi connectivity index (χ0v) is 16.2. The van der Waals surface area contributed by atoms with Gasteiger partial charge in [0.1, 0.15) is 6.61 Å². The van der Waals surface area contributed by atoms with Crippen molar-refractivity contribution in [3.8, 4) is 0 Å². The second-order valence-corrected chi connectivity index (χ2v) is 7.92. The topological polar surface area (TPSA) is 75.5 Å². The molecule has 2 aliphatic rings. The zero-order chi connectivity index (χ0) is 21.4. The highest BCUT2D eigenvalue weighted by Crippen LogP contribution is 2.44. The fraction of sp³-hybridized carbons (Fsp3) is 0.476. The first-order valence-corrected chi connectivity index (χ1v) is 9.87. The molecule has 2 fully saturated rings. The van der Waals surface area contributed by atoms with Crippen molar-refractivity contribution < 1.29 is 27.8 Å². The van der Waals surface area contributed by atoms with Gasteiger partial charge in [-0.25, -0.2) is 14.8 Å². The summed E-state index contributed by atoms with van der Waals surface area (Å²) in [6.07, 6.45) is -0.275. The minimum Gasteiger partial charge on any atom is -0.445 e. The molecular weight excluding hydrogens is 399 g/mol. The van der Waals surface area contributed by atoms with Crippen molar-refractivity contribution in [3.05, 3.63) is 59.7 Å². The van der Waals surface area contributed by atoms with Crippen molar-refractivity contribution in [1.29, 1.82) is 0 Å². The van der Waals surface area contributed by atoms with E-state index in [2.05, 4.69) is 9.97 Å². The van der Waals surface area contributed by atoms with E-state index in [0.29, 0.717) is 12.8 Å². The lowest BCUT2D eigenvalue weighted by molar-refractivity contribution is -0.145. The summed E-state index contributed by atoms with van der Waals surface area (Å²) in [5.74, 6) is -1.24. The van der Waals surface area contributed by atoms with Gasteiger partial charge in [0.2, 0.25) is 5.82 Å². The lowest BCUT2D eigenvalue weighted by Gasteiger charge is -2.51. The molecule has 0 spiro atoms. The molecule has 2 aromatic rings. The van der Waals surface area contributed by atoms with Crippen LogP contribution in [0.25, 0.3) is 0 Å². The van der Waals surface area contributed by atoms with Gasteiger partial charge in [-0.2, -0.15) is 13.2 Å². The third-order valence-electron chi connectivity index (χ3n) is 5.87. The first kappa shape index (κ1) is 20.6. The number of rotatable bonds is 3. The normalized spacial score (nSPS) is 26.3. The highest BCUT2D eigenvalue weighted by atomic mass is 19.4. The summed E-state index contributed by atoms with van der Waals surface area (Å²) in [6.45, 7) is 0.159. The average Bonchev–Trinajstić information content (AvgIpc) is 2.71. The summed E-state index contributed by atoms with van der Waals surface area (Å²) in [4.78, 5) is 21.2. The average molecular weight is 421 g/mol. The number of halogens is 3. The van der Waals surface area contributed by atoms with Gasteiger partial charge in [-0.15, -0.1) is 0 Å². The highest BCUT2D eigenvalue weighted by molar-refractivity contribution is 5.69. The molecule has 2 atom stereocenters. The number of hydrogen-bond donors (Lipinski definition) is 1. The van der Waals surface area contributed by atoms with Gasteiger partial charge < -0.3 is 14.7 Å². The summed E-state index contributed by atoms with van der Waals surface area (Å²) >= 11 is 0. The molecule has 3 heterocycles. The van der Waals surface area contributed by atoms with Crippen molar-refractivity contribution >= 4 is 6.09 Å². The van der Waals surface area contributed by atoms with Crippen molar-refractivity contribution in [2.75, 3.05) is 0 Å². The van der Waals surface area contributed by atoms with E-state index in [1.165, 1.54) is 0 Å². The predicted octanol–water partition coefficient (Wildman–Crippen LogP) is 4.04. The molecule has 1 amide bonds. The first-order chi connectivity index (χ1) is 14.3. The number of hydrogen-bond acceptors (Lipinski definition) is 5. The fourth-order valence-electron chi connectivity index (χ4n) is 4.47. The first-order valence-electron chi connectivity index (χ1n) is 9.87. The van der Waals surface area contributed by atoms with Crippen LogP contribution < -0.4 is 0 Å². The molecule has 0 radical (unpaired) electrons. The smallest absolute Gasteiger partial charge is 0.445 e. The number of aliphatic hydroxyl groups is 1. The Morgan fingerprint density at radius 2 is 1.73 bits per heavy atom. The second kappa shape index (κ2) is 7.86. The molecule has 30 heavy (non-hydrogen) atoms. The predicted molar refractivity (Wildman–Crippen MR) is 100 cm³/mol. The molecule has 160 valence electrons. The molecule has 4 rings (SSSR count). The van der Waals surface area contributed by atoms with Crippen molar-refractivity contribution in [3.63, 3.8) is 0 Å². The maximum atomic E-state index is 12.8. The summed E-state index contributed by atoms with van der Waals surface area (Å²) in [6, 6.07) is 8.84. The fourth-order valence-corrected chi connectivity index (χ4v) is 4.47. The third-order valence-corrected chi connectivity index (χ3v) is 5.87. The molecule has 6 nitrogen and oxygen atoms in total.